The van der Waals surface area contributed by atoms with E-state index in [0.717, 1.165) is 37.8 Å². The number of carbonyl (C=O) groups excluding carboxylic acids is 1. The third-order valence-corrected chi connectivity index (χ3v) is 5.18. The number of rotatable bonds is 5. The molecule has 0 radical (unpaired) electrons. The van der Waals surface area contributed by atoms with Gasteiger partial charge in [-0.15, -0.1) is 0 Å². The predicted octanol–water partition coefficient (Wildman–Crippen LogP) is 1.13. The highest BCUT2D eigenvalue weighted by Crippen LogP contribution is 2.30. The lowest BCUT2D eigenvalue weighted by molar-refractivity contribution is 0.0942. The lowest BCUT2D eigenvalue weighted by Gasteiger charge is -2.19. The summed E-state index contributed by atoms with van der Waals surface area (Å²) in [5.41, 5.74) is 1.19. The maximum atomic E-state index is 12.5. The van der Waals surface area contributed by atoms with Crippen LogP contribution in [-0.4, -0.2) is 38.0 Å². The number of nitrogens with one attached hydrogen (secondary N) is 1. The Morgan fingerprint density at radius 1 is 1.35 bits per heavy atom. The van der Waals surface area contributed by atoms with Crippen molar-refractivity contribution in [2.45, 2.75) is 38.9 Å². The molecule has 3 heterocycles. The van der Waals surface area contributed by atoms with Gasteiger partial charge in [0.1, 0.15) is 11.5 Å². The molecule has 4 rings (SSSR count). The molecule has 2 aromatic heterocycles. The van der Waals surface area contributed by atoms with Gasteiger partial charge in [-0.2, -0.15) is 0 Å². The van der Waals surface area contributed by atoms with Crippen molar-refractivity contribution in [2.24, 2.45) is 13.0 Å². The van der Waals surface area contributed by atoms with Gasteiger partial charge in [0.15, 0.2) is 0 Å². The first-order valence-corrected chi connectivity index (χ1v) is 9.31. The third-order valence-electron chi connectivity index (χ3n) is 5.18. The van der Waals surface area contributed by atoms with Gasteiger partial charge in [0.2, 0.25) is 0 Å². The van der Waals surface area contributed by atoms with E-state index in [0.29, 0.717) is 17.9 Å². The second-order valence-electron chi connectivity index (χ2n) is 7.37. The third kappa shape index (κ3) is 3.72. The lowest BCUT2D eigenvalue weighted by atomic mass is 10.3. The zero-order chi connectivity index (χ0) is 18.1. The van der Waals surface area contributed by atoms with Gasteiger partial charge in [0, 0.05) is 38.9 Å². The lowest BCUT2D eigenvalue weighted by Crippen LogP contribution is -2.31. The van der Waals surface area contributed by atoms with Gasteiger partial charge in [0.25, 0.3) is 11.5 Å². The molecule has 1 amide bonds. The minimum atomic E-state index is -0.162. The van der Waals surface area contributed by atoms with E-state index >= 15 is 0 Å². The number of hydrogen-bond acceptors (Lipinski definition) is 4. The molecule has 26 heavy (non-hydrogen) atoms. The molecule has 2 aromatic rings. The summed E-state index contributed by atoms with van der Waals surface area (Å²) in [6.45, 7) is 3.81. The normalized spacial score (nSPS) is 17.6. The average Bonchev–Trinajstić information content (AvgIpc) is 3.36. The fourth-order valence-electron chi connectivity index (χ4n) is 3.57. The van der Waals surface area contributed by atoms with Crippen LogP contribution in [0.25, 0.3) is 0 Å². The van der Waals surface area contributed by atoms with E-state index in [1.54, 1.807) is 21.3 Å². The van der Waals surface area contributed by atoms with Gasteiger partial charge in [0.05, 0.1) is 18.8 Å². The van der Waals surface area contributed by atoms with Crippen LogP contribution in [0.15, 0.2) is 29.2 Å². The first kappa shape index (κ1) is 17.0. The standard InChI is InChI=1S/C19H25N5O2/c1-22-7-2-4-16(22)19(26)20-11-15-10-18(25)24-9-3-8-23(12-14-5-6-14)13-17(24)21-15/h2,4,7,10,14H,3,5-6,8-9,11-13H2,1H3,(H,20,26). The van der Waals surface area contributed by atoms with E-state index < -0.39 is 0 Å². The van der Waals surface area contributed by atoms with Crippen molar-refractivity contribution in [3.63, 3.8) is 0 Å². The number of aryl methyl sites for hydroxylation is 1. The highest BCUT2D eigenvalue weighted by molar-refractivity contribution is 5.92. The zero-order valence-corrected chi connectivity index (χ0v) is 15.1. The van der Waals surface area contributed by atoms with E-state index in [4.69, 9.17) is 0 Å². The van der Waals surface area contributed by atoms with E-state index in [1.165, 1.54) is 12.8 Å². The molecule has 0 aromatic carbocycles. The first-order chi connectivity index (χ1) is 12.6. The van der Waals surface area contributed by atoms with Gasteiger partial charge < -0.3 is 9.88 Å². The molecule has 7 nitrogen and oxygen atoms in total. The van der Waals surface area contributed by atoms with Crippen molar-refractivity contribution in [1.82, 2.24) is 24.3 Å². The van der Waals surface area contributed by atoms with Gasteiger partial charge in [-0.3, -0.25) is 19.1 Å². The van der Waals surface area contributed by atoms with E-state index in [-0.39, 0.29) is 18.0 Å². The summed E-state index contributed by atoms with van der Waals surface area (Å²) in [5, 5.41) is 2.86. The molecule has 0 bridgehead atoms. The summed E-state index contributed by atoms with van der Waals surface area (Å²) in [6, 6.07) is 5.14. The van der Waals surface area contributed by atoms with Gasteiger partial charge >= 0.3 is 0 Å². The SMILES string of the molecule is Cn1cccc1C(=O)NCc1cc(=O)n2c(n1)CN(CC1CC1)CCC2. The Morgan fingerprint density at radius 3 is 2.92 bits per heavy atom. The molecule has 7 heteroatoms. The minimum absolute atomic E-state index is 0.0219. The number of amides is 1. The van der Waals surface area contributed by atoms with Crippen molar-refractivity contribution < 1.29 is 4.79 Å². The largest absolute Gasteiger partial charge is 0.347 e. The highest BCUT2D eigenvalue weighted by atomic mass is 16.2. The van der Waals surface area contributed by atoms with Crippen molar-refractivity contribution in [3.8, 4) is 0 Å². The van der Waals surface area contributed by atoms with Crippen LogP contribution in [0.3, 0.4) is 0 Å². The molecule has 1 aliphatic carbocycles. The molecule has 0 unspecified atom stereocenters. The molecular formula is C19H25N5O2. The van der Waals surface area contributed by atoms with Crippen molar-refractivity contribution in [3.05, 3.63) is 52.0 Å². The Hall–Kier alpha value is -2.41. The number of hydrogen-bond donors (Lipinski definition) is 1. The van der Waals surface area contributed by atoms with E-state index in [9.17, 15) is 9.59 Å². The Balaban J connectivity index is 1.48. The molecule has 0 atom stereocenters. The smallest absolute Gasteiger partial charge is 0.268 e. The molecule has 1 aliphatic heterocycles. The molecule has 138 valence electrons. The highest BCUT2D eigenvalue weighted by Gasteiger charge is 2.26. The van der Waals surface area contributed by atoms with E-state index in [2.05, 4.69) is 15.2 Å². The average molecular weight is 355 g/mol. The van der Waals surface area contributed by atoms with Crippen LogP contribution in [0.1, 0.15) is 41.3 Å². The molecule has 2 aliphatic rings. The maximum Gasteiger partial charge on any atom is 0.268 e. The van der Waals surface area contributed by atoms with Crippen LogP contribution in [0.4, 0.5) is 0 Å². The summed E-state index contributed by atoms with van der Waals surface area (Å²) < 4.78 is 3.56. The second-order valence-corrected chi connectivity index (χ2v) is 7.37. The maximum absolute atomic E-state index is 12.5. The monoisotopic (exact) mass is 355 g/mol. The van der Waals surface area contributed by atoms with Gasteiger partial charge in [-0.25, -0.2) is 4.98 Å². The van der Waals surface area contributed by atoms with Crippen LogP contribution >= 0.6 is 0 Å². The fraction of sp³-hybridized carbons (Fsp3) is 0.526. The van der Waals surface area contributed by atoms with Crippen LogP contribution in [0, 0.1) is 5.92 Å². The Bertz CT molecular complexity index is 865. The predicted molar refractivity (Wildman–Crippen MR) is 97.7 cm³/mol. The van der Waals surface area contributed by atoms with Gasteiger partial charge in [-0.1, -0.05) is 0 Å². The van der Waals surface area contributed by atoms with E-state index in [1.807, 2.05) is 19.3 Å². The quantitative estimate of drug-likeness (QED) is 0.873. The van der Waals surface area contributed by atoms with Crippen molar-refractivity contribution in [1.29, 1.82) is 0 Å². The second kappa shape index (κ2) is 7.07. The number of nitrogens with zero attached hydrogens (tertiary/aromatic N) is 4. The van der Waals surface area contributed by atoms with Crippen molar-refractivity contribution >= 4 is 5.91 Å². The van der Waals surface area contributed by atoms with Crippen molar-refractivity contribution in [2.75, 3.05) is 13.1 Å². The number of fused-ring (bicyclic) bond motifs is 1. The molecule has 1 fully saturated rings. The van der Waals surface area contributed by atoms with Crippen LogP contribution < -0.4 is 10.9 Å². The molecule has 1 saturated carbocycles. The molecular weight excluding hydrogens is 330 g/mol. The van der Waals surface area contributed by atoms with Crippen LogP contribution in [0.5, 0.6) is 0 Å². The molecule has 0 spiro atoms. The number of aromatic nitrogens is 3. The number of carbonyl (C=O) groups is 1. The summed E-state index contributed by atoms with van der Waals surface area (Å²) in [7, 11) is 1.83. The summed E-state index contributed by atoms with van der Waals surface area (Å²) >= 11 is 0. The summed E-state index contributed by atoms with van der Waals surface area (Å²) in [5.74, 6) is 1.48. The van der Waals surface area contributed by atoms with Gasteiger partial charge in [-0.05, 0) is 37.3 Å². The zero-order valence-electron chi connectivity index (χ0n) is 15.1. The Labute approximate surface area is 152 Å². The summed E-state index contributed by atoms with van der Waals surface area (Å²) in [4.78, 5) is 31.9. The van der Waals surface area contributed by atoms with Crippen LogP contribution in [-0.2, 0) is 26.7 Å². The summed E-state index contributed by atoms with van der Waals surface area (Å²) in [6.07, 6.45) is 5.45. The molecule has 1 N–H and O–H groups in total. The topological polar surface area (TPSA) is 72.2 Å². The Kier molecular flexibility index (Phi) is 4.63. The fourth-order valence-corrected chi connectivity index (χ4v) is 3.57. The molecule has 0 saturated heterocycles. The minimum Gasteiger partial charge on any atom is -0.347 e. The Morgan fingerprint density at radius 2 is 2.19 bits per heavy atom. The van der Waals surface area contributed by atoms with Crippen LogP contribution in [0.2, 0.25) is 0 Å². The first-order valence-electron chi connectivity index (χ1n) is 9.31.